The summed E-state index contributed by atoms with van der Waals surface area (Å²) in [6, 6.07) is 14.0. The van der Waals surface area contributed by atoms with Gasteiger partial charge in [-0.3, -0.25) is 0 Å². The molecule has 0 amide bonds. The molecule has 7 nitrogen and oxygen atoms in total. The first-order chi connectivity index (χ1) is 16.5. The molecule has 1 saturated carbocycles. The minimum atomic E-state index is -2.94. The van der Waals surface area contributed by atoms with Crippen LogP contribution in [0.25, 0.3) is 22.6 Å². The number of fused-ring (bicyclic) bond motifs is 3. The molecule has 1 N–H and O–H groups in total. The SMILES string of the molecule is O=C1O[C@]2(CC[C@H](c3nc4nc(-c5ccccc5OC(F)F)ncc4[nH]3)CC2)c2ccccc21. The molecule has 0 unspecified atom stereocenters. The Labute approximate surface area is 193 Å². The third-order valence-corrected chi connectivity index (χ3v) is 6.71. The van der Waals surface area contributed by atoms with Crippen molar-refractivity contribution in [2.45, 2.75) is 43.8 Å². The zero-order valence-electron chi connectivity index (χ0n) is 18.0. The predicted octanol–water partition coefficient (Wildman–Crippen LogP) is 5.34. The molecule has 1 aliphatic heterocycles. The second-order valence-electron chi connectivity index (χ2n) is 8.63. The molecule has 34 heavy (non-hydrogen) atoms. The van der Waals surface area contributed by atoms with Gasteiger partial charge in [-0.25, -0.2) is 19.7 Å². The van der Waals surface area contributed by atoms with Crippen LogP contribution in [0.3, 0.4) is 0 Å². The fourth-order valence-electron chi connectivity index (χ4n) is 5.07. The number of hydrogen-bond acceptors (Lipinski definition) is 6. The molecule has 0 saturated heterocycles. The van der Waals surface area contributed by atoms with Gasteiger partial charge in [-0.1, -0.05) is 30.3 Å². The van der Waals surface area contributed by atoms with Crippen LogP contribution in [0, 0.1) is 0 Å². The van der Waals surface area contributed by atoms with Crippen LogP contribution in [-0.4, -0.2) is 32.5 Å². The Morgan fingerprint density at radius 1 is 1.03 bits per heavy atom. The average molecular weight is 462 g/mol. The molecule has 0 atom stereocenters. The summed E-state index contributed by atoms with van der Waals surface area (Å²) in [5, 5.41) is 0. The van der Waals surface area contributed by atoms with Gasteiger partial charge in [0.2, 0.25) is 0 Å². The number of aromatic amines is 1. The van der Waals surface area contributed by atoms with Crippen molar-refractivity contribution in [1.29, 1.82) is 0 Å². The van der Waals surface area contributed by atoms with Gasteiger partial charge in [0.25, 0.3) is 0 Å². The number of para-hydroxylation sites is 1. The molecule has 1 aliphatic carbocycles. The Morgan fingerprint density at radius 3 is 2.56 bits per heavy atom. The number of nitrogens with one attached hydrogen (secondary N) is 1. The fraction of sp³-hybridized carbons (Fsp3) is 0.280. The Balaban J connectivity index is 1.25. The van der Waals surface area contributed by atoms with Gasteiger partial charge in [0, 0.05) is 11.5 Å². The van der Waals surface area contributed by atoms with E-state index in [0.29, 0.717) is 35.1 Å². The first-order valence-corrected chi connectivity index (χ1v) is 11.1. The fourth-order valence-corrected chi connectivity index (χ4v) is 5.07. The molecular formula is C25H20F2N4O3. The molecule has 9 heteroatoms. The van der Waals surface area contributed by atoms with Crippen LogP contribution >= 0.6 is 0 Å². The Hall–Kier alpha value is -3.88. The number of rotatable bonds is 4. The van der Waals surface area contributed by atoms with E-state index in [9.17, 15) is 13.6 Å². The number of hydrogen-bond donors (Lipinski definition) is 1. The monoisotopic (exact) mass is 462 g/mol. The molecule has 0 radical (unpaired) electrons. The number of H-pyrrole nitrogens is 1. The van der Waals surface area contributed by atoms with Crippen molar-refractivity contribution >= 4 is 17.1 Å². The van der Waals surface area contributed by atoms with Crippen LogP contribution < -0.4 is 4.74 Å². The van der Waals surface area contributed by atoms with Crippen LogP contribution in [-0.2, 0) is 10.3 Å². The third kappa shape index (κ3) is 3.39. The molecule has 2 aliphatic rings. The zero-order chi connectivity index (χ0) is 23.3. The number of aromatic nitrogens is 4. The second kappa shape index (κ2) is 7.86. The molecule has 172 valence electrons. The summed E-state index contributed by atoms with van der Waals surface area (Å²) in [7, 11) is 0. The highest BCUT2D eigenvalue weighted by Gasteiger charge is 2.47. The van der Waals surface area contributed by atoms with Crippen molar-refractivity contribution in [1.82, 2.24) is 19.9 Å². The van der Waals surface area contributed by atoms with E-state index in [1.807, 2.05) is 24.3 Å². The van der Waals surface area contributed by atoms with Crippen molar-refractivity contribution in [3.8, 4) is 17.1 Å². The van der Waals surface area contributed by atoms with Crippen LogP contribution in [0.4, 0.5) is 8.78 Å². The summed E-state index contributed by atoms with van der Waals surface area (Å²) in [5.41, 5.74) is 2.58. The van der Waals surface area contributed by atoms with E-state index >= 15 is 0 Å². The molecule has 2 aromatic heterocycles. The Bertz CT molecular complexity index is 1400. The average Bonchev–Trinajstić information content (AvgIpc) is 3.39. The number of halogens is 2. The minimum Gasteiger partial charge on any atom is -0.451 e. The van der Waals surface area contributed by atoms with Crippen LogP contribution in [0.5, 0.6) is 5.75 Å². The van der Waals surface area contributed by atoms with E-state index in [4.69, 9.17) is 4.74 Å². The van der Waals surface area contributed by atoms with Crippen molar-refractivity contribution in [3.63, 3.8) is 0 Å². The summed E-state index contributed by atoms with van der Waals surface area (Å²) < 4.78 is 36.0. The van der Waals surface area contributed by atoms with Crippen molar-refractivity contribution in [2.24, 2.45) is 0 Å². The van der Waals surface area contributed by atoms with Gasteiger partial charge in [-0.2, -0.15) is 8.78 Å². The number of esters is 1. The van der Waals surface area contributed by atoms with Crippen LogP contribution in [0.1, 0.15) is 53.3 Å². The summed E-state index contributed by atoms with van der Waals surface area (Å²) in [6.07, 6.45) is 4.63. The van der Waals surface area contributed by atoms with Gasteiger partial charge in [0.1, 0.15) is 22.7 Å². The third-order valence-electron chi connectivity index (χ3n) is 6.71. The smallest absolute Gasteiger partial charge is 0.387 e. The lowest BCUT2D eigenvalue weighted by atomic mass is 9.75. The molecule has 1 fully saturated rings. The number of ether oxygens (including phenoxy) is 2. The maximum Gasteiger partial charge on any atom is 0.387 e. The van der Waals surface area contributed by atoms with Crippen LogP contribution in [0.15, 0.2) is 54.7 Å². The van der Waals surface area contributed by atoms with E-state index in [1.54, 1.807) is 24.4 Å². The van der Waals surface area contributed by atoms with Gasteiger partial charge in [-0.15, -0.1) is 0 Å². The maximum absolute atomic E-state index is 12.8. The number of nitrogens with zero attached hydrogens (tertiary/aromatic N) is 3. The van der Waals surface area contributed by atoms with Gasteiger partial charge < -0.3 is 14.5 Å². The van der Waals surface area contributed by atoms with Gasteiger partial charge >= 0.3 is 12.6 Å². The first-order valence-electron chi connectivity index (χ1n) is 11.1. The molecule has 4 aromatic rings. The normalized spacial score (nSPS) is 21.7. The highest BCUT2D eigenvalue weighted by molar-refractivity contribution is 5.94. The summed E-state index contributed by atoms with van der Waals surface area (Å²) in [4.78, 5) is 29.1. The Kier molecular flexibility index (Phi) is 4.79. The van der Waals surface area contributed by atoms with E-state index in [2.05, 4.69) is 24.7 Å². The molecule has 1 spiro atoms. The Morgan fingerprint density at radius 2 is 1.76 bits per heavy atom. The summed E-state index contributed by atoms with van der Waals surface area (Å²) in [6.45, 7) is -2.94. The predicted molar refractivity (Wildman–Crippen MR) is 118 cm³/mol. The van der Waals surface area contributed by atoms with E-state index < -0.39 is 12.2 Å². The van der Waals surface area contributed by atoms with E-state index in [1.165, 1.54) is 6.07 Å². The standard InChI is InChI=1S/C25H20F2N4O3/c26-24(27)33-19-8-4-2-6-16(19)21-28-13-18-22(31-21)30-20(29-18)14-9-11-25(12-10-14)17-7-3-1-5-15(17)23(32)34-25/h1-8,13-14,24H,9-12H2,(H,28,29,30,31)/t14-,25-. The van der Waals surface area contributed by atoms with Crippen molar-refractivity contribution < 1.29 is 23.0 Å². The number of alkyl halides is 2. The highest BCUT2D eigenvalue weighted by Crippen LogP contribution is 2.49. The van der Waals surface area contributed by atoms with Gasteiger partial charge in [0.15, 0.2) is 11.5 Å². The topological polar surface area (TPSA) is 90.0 Å². The molecule has 6 rings (SSSR count). The highest BCUT2D eigenvalue weighted by atomic mass is 19.3. The first kappa shape index (κ1) is 20.7. The lowest BCUT2D eigenvalue weighted by Crippen LogP contribution is -2.31. The van der Waals surface area contributed by atoms with Crippen molar-refractivity contribution in [2.75, 3.05) is 0 Å². The lowest BCUT2D eigenvalue weighted by Gasteiger charge is -2.35. The zero-order valence-corrected chi connectivity index (χ0v) is 18.0. The summed E-state index contributed by atoms with van der Waals surface area (Å²) >= 11 is 0. The minimum absolute atomic E-state index is 0.0107. The molecular weight excluding hydrogens is 442 g/mol. The quantitative estimate of drug-likeness (QED) is 0.412. The lowest BCUT2D eigenvalue weighted by molar-refractivity contribution is -0.0495. The molecule has 3 heterocycles. The molecule has 0 bridgehead atoms. The maximum atomic E-state index is 12.8. The number of carbonyl (C=O) groups excluding carboxylic acids is 1. The summed E-state index contributed by atoms with van der Waals surface area (Å²) in [5.74, 6) is 0.974. The largest absolute Gasteiger partial charge is 0.451 e. The van der Waals surface area contributed by atoms with Gasteiger partial charge in [-0.05, 0) is 43.9 Å². The number of imidazole rings is 1. The number of carbonyl (C=O) groups is 1. The van der Waals surface area contributed by atoms with E-state index in [-0.39, 0.29) is 23.5 Å². The van der Waals surface area contributed by atoms with Crippen molar-refractivity contribution in [3.05, 3.63) is 71.7 Å². The van der Waals surface area contributed by atoms with Crippen LogP contribution in [0.2, 0.25) is 0 Å². The van der Waals surface area contributed by atoms with Gasteiger partial charge in [0.05, 0.1) is 17.3 Å². The molecule has 2 aromatic carbocycles. The van der Waals surface area contributed by atoms with E-state index in [0.717, 1.165) is 24.2 Å². The second-order valence-corrected chi connectivity index (χ2v) is 8.63. The number of benzene rings is 2.